The fraction of sp³-hybridized carbons (Fsp3) is 0.417. The van der Waals surface area contributed by atoms with Crippen molar-refractivity contribution in [2.75, 3.05) is 13.0 Å². The zero-order chi connectivity index (χ0) is 11.8. The Morgan fingerprint density at radius 3 is 2.56 bits per heavy atom. The molecule has 0 N–H and O–H groups in total. The number of hydrogen-bond donors (Lipinski definition) is 0. The molecule has 0 heterocycles. The van der Waals surface area contributed by atoms with E-state index in [1.807, 2.05) is 24.3 Å². The maximum atomic E-state index is 11.2. The van der Waals surface area contributed by atoms with Gasteiger partial charge in [0.25, 0.3) is 0 Å². The Balaban J connectivity index is 2.33. The minimum absolute atomic E-state index is 0.212. The summed E-state index contributed by atoms with van der Waals surface area (Å²) in [6, 6.07) is 7.41. The molecule has 1 rings (SSSR count). The van der Waals surface area contributed by atoms with Gasteiger partial charge in [-0.25, -0.2) is 0 Å². The van der Waals surface area contributed by atoms with Crippen LogP contribution < -0.4 is 4.74 Å². The van der Waals surface area contributed by atoms with E-state index < -0.39 is 0 Å². The van der Waals surface area contributed by atoms with Crippen LogP contribution in [0, 0.1) is 0 Å². The van der Waals surface area contributed by atoms with Gasteiger partial charge >= 0.3 is 5.97 Å². The summed E-state index contributed by atoms with van der Waals surface area (Å²) in [6.45, 7) is 0.297. The number of esters is 1. The lowest BCUT2D eigenvalue weighted by molar-refractivity contribution is -0.144. The van der Waals surface area contributed by atoms with Crippen molar-refractivity contribution in [1.82, 2.24) is 0 Å². The summed E-state index contributed by atoms with van der Waals surface area (Å²) in [7, 11) is 1.61. The molecule has 88 valence electrons. The first-order chi connectivity index (χ1) is 7.76. The van der Waals surface area contributed by atoms with E-state index >= 15 is 0 Å². The van der Waals surface area contributed by atoms with Crippen molar-refractivity contribution in [1.29, 1.82) is 0 Å². The molecule has 0 fully saturated rings. The molecule has 4 heteroatoms. The van der Waals surface area contributed by atoms with E-state index in [0.717, 1.165) is 11.3 Å². The normalized spacial score (nSPS) is 9.88. The number of ether oxygens (including phenoxy) is 2. The first kappa shape index (κ1) is 12.8. The molecular weight excluding hydrogens is 228 g/mol. The van der Waals surface area contributed by atoms with Gasteiger partial charge in [0.1, 0.15) is 12.4 Å². The van der Waals surface area contributed by atoms with Crippen LogP contribution in [0.2, 0.25) is 0 Å². The Morgan fingerprint density at radius 1 is 1.31 bits per heavy atom. The zero-order valence-electron chi connectivity index (χ0n) is 9.24. The molecule has 0 aliphatic rings. The largest absolute Gasteiger partial charge is 0.497 e. The van der Waals surface area contributed by atoms with Crippen molar-refractivity contribution in [2.24, 2.45) is 0 Å². The van der Waals surface area contributed by atoms with Crippen LogP contribution in [0.1, 0.15) is 18.4 Å². The molecule has 0 aliphatic heterocycles. The van der Waals surface area contributed by atoms with Crippen molar-refractivity contribution in [3.05, 3.63) is 29.8 Å². The van der Waals surface area contributed by atoms with Crippen LogP contribution in [0.4, 0.5) is 0 Å². The smallest absolute Gasteiger partial charge is 0.306 e. The highest BCUT2D eigenvalue weighted by atomic mass is 35.5. The first-order valence-electron chi connectivity index (χ1n) is 5.11. The molecule has 16 heavy (non-hydrogen) atoms. The number of methoxy groups -OCH3 is 1. The molecule has 0 aliphatic carbocycles. The van der Waals surface area contributed by atoms with Crippen molar-refractivity contribution in [3.8, 4) is 5.75 Å². The molecular formula is C12H15ClO3. The topological polar surface area (TPSA) is 35.5 Å². The monoisotopic (exact) mass is 242 g/mol. The van der Waals surface area contributed by atoms with Gasteiger partial charge in [-0.2, -0.15) is 0 Å². The van der Waals surface area contributed by atoms with Gasteiger partial charge in [0.15, 0.2) is 0 Å². The van der Waals surface area contributed by atoms with Crippen LogP contribution in [0.3, 0.4) is 0 Å². The van der Waals surface area contributed by atoms with Gasteiger partial charge in [-0.1, -0.05) is 12.1 Å². The molecule has 0 aromatic heterocycles. The number of alkyl halides is 1. The maximum Gasteiger partial charge on any atom is 0.306 e. The number of benzene rings is 1. The van der Waals surface area contributed by atoms with E-state index in [4.69, 9.17) is 21.1 Å². The molecule has 0 radical (unpaired) electrons. The van der Waals surface area contributed by atoms with Gasteiger partial charge in [-0.15, -0.1) is 11.6 Å². The number of carbonyl (C=O) groups excluding carboxylic acids is 1. The lowest BCUT2D eigenvalue weighted by Gasteiger charge is -2.05. The van der Waals surface area contributed by atoms with Crippen LogP contribution in [-0.4, -0.2) is 19.0 Å². The summed E-state index contributed by atoms with van der Waals surface area (Å²) in [5, 5.41) is 0. The molecule has 0 bridgehead atoms. The van der Waals surface area contributed by atoms with Crippen molar-refractivity contribution >= 4 is 17.6 Å². The van der Waals surface area contributed by atoms with Crippen molar-refractivity contribution in [2.45, 2.75) is 19.4 Å². The van der Waals surface area contributed by atoms with E-state index in [0.29, 0.717) is 25.3 Å². The highest BCUT2D eigenvalue weighted by molar-refractivity contribution is 6.17. The molecule has 1 aromatic rings. The van der Waals surface area contributed by atoms with Gasteiger partial charge in [0.05, 0.1) is 7.11 Å². The number of hydrogen-bond acceptors (Lipinski definition) is 3. The Hall–Kier alpha value is -1.22. The second-order valence-electron chi connectivity index (χ2n) is 3.30. The maximum absolute atomic E-state index is 11.2. The Morgan fingerprint density at radius 2 is 2.00 bits per heavy atom. The molecule has 0 amide bonds. The zero-order valence-corrected chi connectivity index (χ0v) is 10.00. The molecule has 1 aromatic carbocycles. The van der Waals surface area contributed by atoms with Crippen molar-refractivity contribution in [3.63, 3.8) is 0 Å². The van der Waals surface area contributed by atoms with Crippen LogP contribution in [-0.2, 0) is 16.1 Å². The predicted octanol–water partition coefficient (Wildman–Crippen LogP) is 2.76. The first-order valence-corrected chi connectivity index (χ1v) is 5.64. The average Bonchev–Trinajstić information content (AvgIpc) is 2.34. The highest BCUT2D eigenvalue weighted by Crippen LogP contribution is 2.12. The predicted molar refractivity (Wildman–Crippen MR) is 62.7 cm³/mol. The SMILES string of the molecule is COc1ccc(COC(=O)CCCCl)cc1. The minimum Gasteiger partial charge on any atom is -0.497 e. The third-order valence-corrected chi connectivity index (χ3v) is 2.34. The quantitative estimate of drug-likeness (QED) is 0.568. The van der Waals surface area contributed by atoms with Gasteiger partial charge < -0.3 is 9.47 Å². The van der Waals surface area contributed by atoms with Crippen LogP contribution in [0.15, 0.2) is 24.3 Å². The Kier molecular flexibility index (Phi) is 5.72. The highest BCUT2D eigenvalue weighted by Gasteiger charge is 2.02. The van der Waals surface area contributed by atoms with E-state index in [1.54, 1.807) is 7.11 Å². The average molecular weight is 243 g/mol. The summed E-state index contributed by atoms with van der Waals surface area (Å²) in [5.41, 5.74) is 0.944. The number of carbonyl (C=O) groups is 1. The summed E-state index contributed by atoms with van der Waals surface area (Å²) in [4.78, 5) is 11.2. The van der Waals surface area contributed by atoms with Crippen LogP contribution in [0.5, 0.6) is 5.75 Å². The minimum atomic E-state index is -0.212. The fourth-order valence-corrected chi connectivity index (χ4v) is 1.30. The van der Waals surface area contributed by atoms with Crippen LogP contribution >= 0.6 is 11.6 Å². The number of rotatable bonds is 6. The molecule has 0 saturated heterocycles. The summed E-state index contributed by atoms with van der Waals surface area (Å²) >= 11 is 5.47. The second kappa shape index (κ2) is 7.12. The van der Waals surface area contributed by atoms with Gasteiger partial charge in [-0.3, -0.25) is 4.79 Å². The van der Waals surface area contributed by atoms with E-state index in [-0.39, 0.29) is 5.97 Å². The molecule has 0 unspecified atom stereocenters. The number of halogens is 1. The van der Waals surface area contributed by atoms with Gasteiger partial charge in [-0.05, 0) is 24.1 Å². The van der Waals surface area contributed by atoms with E-state index in [1.165, 1.54) is 0 Å². The fourth-order valence-electron chi connectivity index (χ4n) is 1.17. The van der Waals surface area contributed by atoms with Crippen molar-refractivity contribution < 1.29 is 14.3 Å². The van der Waals surface area contributed by atoms with E-state index in [2.05, 4.69) is 0 Å². The third kappa shape index (κ3) is 4.53. The lowest BCUT2D eigenvalue weighted by Crippen LogP contribution is -2.04. The Labute approximate surface area is 100 Å². The molecule has 0 saturated carbocycles. The summed E-state index contributed by atoms with van der Waals surface area (Å²) < 4.78 is 10.1. The lowest BCUT2D eigenvalue weighted by atomic mass is 10.2. The molecule has 3 nitrogen and oxygen atoms in total. The van der Waals surface area contributed by atoms with Crippen LogP contribution in [0.25, 0.3) is 0 Å². The second-order valence-corrected chi connectivity index (χ2v) is 3.68. The van der Waals surface area contributed by atoms with Gasteiger partial charge in [0.2, 0.25) is 0 Å². The standard InChI is InChI=1S/C12H15ClO3/c1-15-11-6-4-10(5-7-11)9-16-12(14)3-2-8-13/h4-7H,2-3,8-9H2,1H3. The molecule has 0 atom stereocenters. The summed E-state index contributed by atoms with van der Waals surface area (Å²) in [6.07, 6.45) is 1.03. The van der Waals surface area contributed by atoms with Gasteiger partial charge in [0, 0.05) is 12.3 Å². The third-order valence-electron chi connectivity index (χ3n) is 2.07. The summed E-state index contributed by atoms with van der Waals surface area (Å²) in [5.74, 6) is 1.06. The molecule has 0 spiro atoms. The Bertz CT molecular complexity index is 322. The van der Waals surface area contributed by atoms with E-state index in [9.17, 15) is 4.79 Å².